The third-order valence-corrected chi connectivity index (χ3v) is 4.07. The molecule has 0 bridgehead atoms. The van der Waals surface area contributed by atoms with Gasteiger partial charge in [0.25, 0.3) is 0 Å². The molecule has 0 aromatic heterocycles. The quantitative estimate of drug-likeness (QED) is 0.744. The third-order valence-electron chi connectivity index (χ3n) is 4.07. The molecule has 0 saturated carbocycles. The predicted octanol–water partition coefficient (Wildman–Crippen LogP) is 2.53. The zero-order valence-corrected chi connectivity index (χ0v) is 11.4. The van der Waals surface area contributed by atoms with Crippen LogP contribution < -0.4 is 10.4 Å². The summed E-state index contributed by atoms with van der Waals surface area (Å²) in [6.45, 7) is 0.792. The van der Waals surface area contributed by atoms with E-state index in [9.17, 15) is 9.59 Å². The number of hydrazine groups is 1. The third kappa shape index (κ3) is 1.83. The van der Waals surface area contributed by atoms with Crippen LogP contribution in [-0.2, 0) is 4.79 Å². The van der Waals surface area contributed by atoms with Crippen LogP contribution in [0.4, 0.5) is 5.69 Å². The number of amides is 1. The average Bonchev–Trinajstić information content (AvgIpc) is 2.81. The maximum Gasteiger partial charge on any atom is 0.238 e. The van der Waals surface area contributed by atoms with Crippen LogP contribution in [0.1, 0.15) is 28.8 Å². The van der Waals surface area contributed by atoms with Gasteiger partial charge in [-0.1, -0.05) is 24.3 Å². The second kappa shape index (κ2) is 4.45. The standard InChI is InChI=1S/C17H14N2O2/c20-16-6-3-9-19(18-16)11-7-8-14-15(10-11)12-4-1-2-5-13(12)17(14)21/h1-2,4-5,7-8,10H,3,6,9H2,(H,18,20). The number of rotatable bonds is 1. The second-order valence-corrected chi connectivity index (χ2v) is 5.39. The highest BCUT2D eigenvalue weighted by atomic mass is 16.2. The number of hydrogen-bond acceptors (Lipinski definition) is 3. The van der Waals surface area contributed by atoms with E-state index in [1.807, 2.05) is 47.5 Å². The van der Waals surface area contributed by atoms with Crippen molar-refractivity contribution < 1.29 is 9.59 Å². The van der Waals surface area contributed by atoms with Crippen molar-refractivity contribution in [3.8, 4) is 11.1 Å². The number of carbonyl (C=O) groups excluding carboxylic acids is 2. The molecule has 2 aromatic carbocycles. The summed E-state index contributed by atoms with van der Waals surface area (Å²) in [6, 6.07) is 13.4. The van der Waals surface area contributed by atoms with Gasteiger partial charge in [0.05, 0.1) is 5.69 Å². The number of fused-ring (bicyclic) bond motifs is 3. The molecule has 104 valence electrons. The van der Waals surface area contributed by atoms with Crippen molar-refractivity contribution in [1.82, 2.24) is 5.43 Å². The van der Waals surface area contributed by atoms with Crippen molar-refractivity contribution in [3.05, 3.63) is 53.6 Å². The molecule has 4 nitrogen and oxygen atoms in total. The van der Waals surface area contributed by atoms with E-state index in [2.05, 4.69) is 5.43 Å². The lowest BCUT2D eigenvalue weighted by Crippen LogP contribution is -2.46. The molecule has 0 unspecified atom stereocenters. The Balaban J connectivity index is 1.79. The SMILES string of the molecule is O=C1CCCN(c2ccc3c(c2)-c2ccccc2C3=O)N1. The Kier molecular flexibility index (Phi) is 2.57. The monoisotopic (exact) mass is 278 g/mol. The van der Waals surface area contributed by atoms with Crippen molar-refractivity contribution in [1.29, 1.82) is 0 Å². The van der Waals surface area contributed by atoms with E-state index >= 15 is 0 Å². The summed E-state index contributed by atoms with van der Waals surface area (Å²) in [7, 11) is 0. The Hall–Kier alpha value is -2.62. The predicted molar refractivity (Wildman–Crippen MR) is 80.0 cm³/mol. The molecular formula is C17H14N2O2. The largest absolute Gasteiger partial charge is 0.289 e. The van der Waals surface area contributed by atoms with Gasteiger partial charge in [0.1, 0.15) is 0 Å². The van der Waals surface area contributed by atoms with Gasteiger partial charge in [0.2, 0.25) is 5.91 Å². The summed E-state index contributed by atoms with van der Waals surface area (Å²) >= 11 is 0. The molecule has 1 N–H and O–H groups in total. The summed E-state index contributed by atoms with van der Waals surface area (Å²) in [5.41, 5.74) is 7.21. The fraction of sp³-hybridized carbons (Fsp3) is 0.176. The van der Waals surface area contributed by atoms with Crippen molar-refractivity contribution in [2.45, 2.75) is 12.8 Å². The molecule has 1 aliphatic heterocycles. The first-order valence-electron chi connectivity index (χ1n) is 7.09. The Morgan fingerprint density at radius 2 is 1.67 bits per heavy atom. The van der Waals surface area contributed by atoms with Gasteiger partial charge in [0.15, 0.2) is 5.78 Å². The molecule has 4 rings (SSSR count). The highest BCUT2D eigenvalue weighted by Crippen LogP contribution is 2.38. The van der Waals surface area contributed by atoms with Crippen LogP contribution in [0.2, 0.25) is 0 Å². The highest BCUT2D eigenvalue weighted by molar-refractivity contribution is 6.21. The summed E-state index contributed by atoms with van der Waals surface area (Å²) in [5.74, 6) is 0.119. The number of carbonyl (C=O) groups is 2. The van der Waals surface area contributed by atoms with Gasteiger partial charge < -0.3 is 0 Å². The molecule has 4 heteroatoms. The summed E-state index contributed by atoms with van der Waals surface area (Å²) in [5, 5.41) is 1.86. The van der Waals surface area contributed by atoms with Crippen LogP contribution in [0.3, 0.4) is 0 Å². The number of benzene rings is 2. The summed E-state index contributed by atoms with van der Waals surface area (Å²) < 4.78 is 0. The van der Waals surface area contributed by atoms with Gasteiger partial charge >= 0.3 is 0 Å². The van der Waals surface area contributed by atoms with E-state index in [4.69, 9.17) is 0 Å². The first kappa shape index (κ1) is 12.1. The van der Waals surface area contributed by atoms with Crippen molar-refractivity contribution in [3.63, 3.8) is 0 Å². The lowest BCUT2D eigenvalue weighted by atomic mass is 10.0. The number of anilines is 1. The Morgan fingerprint density at radius 1 is 0.905 bits per heavy atom. The molecule has 1 heterocycles. The average molecular weight is 278 g/mol. The fourth-order valence-electron chi connectivity index (χ4n) is 3.04. The van der Waals surface area contributed by atoms with Gasteiger partial charge in [0, 0.05) is 24.1 Å². The zero-order valence-electron chi connectivity index (χ0n) is 11.4. The molecule has 2 aliphatic rings. The topological polar surface area (TPSA) is 49.4 Å². The van der Waals surface area contributed by atoms with E-state index in [1.54, 1.807) is 0 Å². The van der Waals surface area contributed by atoms with Crippen LogP contribution in [0.5, 0.6) is 0 Å². The maximum atomic E-state index is 12.3. The number of nitrogens with zero attached hydrogens (tertiary/aromatic N) is 1. The van der Waals surface area contributed by atoms with Gasteiger partial charge in [-0.15, -0.1) is 0 Å². The van der Waals surface area contributed by atoms with E-state index in [-0.39, 0.29) is 11.7 Å². The molecule has 1 saturated heterocycles. The molecule has 0 radical (unpaired) electrons. The first-order chi connectivity index (χ1) is 10.2. The fourth-order valence-corrected chi connectivity index (χ4v) is 3.04. The molecule has 1 amide bonds. The van der Waals surface area contributed by atoms with E-state index in [0.717, 1.165) is 40.9 Å². The van der Waals surface area contributed by atoms with Crippen LogP contribution in [-0.4, -0.2) is 18.2 Å². The minimum atomic E-state index is 0.0400. The van der Waals surface area contributed by atoms with E-state index in [1.165, 1.54) is 0 Å². The van der Waals surface area contributed by atoms with Crippen LogP contribution in [0.25, 0.3) is 11.1 Å². The molecule has 0 spiro atoms. The van der Waals surface area contributed by atoms with E-state index < -0.39 is 0 Å². The molecule has 21 heavy (non-hydrogen) atoms. The zero-order chi connectivity index (χ0) is 14.4. The van der Waals surface area contributed by atoms with Crippen LogP contribution >= 0.6 is 0 Å². The summed E-state index contributed by atoms with van der Waals surface area (Å²) in [4.78, 5) is 23.9. The smallest absolute Gasteiger partial charge is 0.238 e. The van der Waals surface area contributed by atoms with Crippen molar-refractivity contribution in [2.75, 3.05) is 11.6 Å². The van der Waals surface area contributed by atoms with Gasteiger partial charge in [-0.3, -0.25) is 20.0 Å². The Bertz CT molecular complexity index is 767. The number of hydrogen-bond donors (Lipinski definition) is 1. The van der Waals surface area contributed by atoms with Crippen molar-refractivity contribution in [2.24, 2.45) is 0 Å². The first-order valence-corrected chi connectivity index (χ1v) is 7.09. The molecule has 1 aliphatic carbocycles. The molecular weight excluding hydrogens is 264 g/mol. The number of ketones is 1. The lowest BCUT2D eigenvalue weighted by molar-refractivity contribution is -0.122. The maximum absolute atomic E-state index is 12.3. The summed E-state index contributed by atoms with van der Waals surface area (Å²) in [6.07, 6.45) is 1.42. The Labute approximate surface area is 122 Å². The minimum absolute atomic E-state index is 0.0400. The molecule has 0 atom stereocenters. The van der Waals surface area contributed by atoms with Crippen LogP contribution in [0.15, 0.2) is 42.5 Å². The second-order valence-electron chi connectivity index (χ2n) is 5.39. The lowest BCUT2D eigenvalue weighted by Gasteiger charge is -2.29. The van der Waals surface area contributed by atoms with Gasteiger partial charge in [-0.25, -0.2) is 0 Å². The number of nitrogens with one attached hydrogen (secondary N) is 1. The van der Waals surface area contributed by atoms with Gasteiger partial charge in [-0.2, -0.15) is 0 Å². The molecule has 1 fully saturated rings. The normalized spacial score (nSPS) is 16.5. The Morgan fingerprint density at radius 3 is 2.48 bits per heavy atom. The minimum Gasteiger partial charge on any atom is -0.289 e. The highest BCUT2D eigenvalue weighted by Gasteiger charge is 2.27. The van der Waals surface area contributed by atoms with Gasteiger partial charge in [-0.05, 0) is 35.7 Å². The van der Waals surface area contributed by atoms with Crippen molar-refractivity contribution >= 4 is 17.4 Å². The van der Waals surface area contributed by atoms with E-state index in [0.29, 0.717) is 6.42 Å². The van der Waals surface area contributed by atoms with Crippen LogP contribution in [0, 0.1) is 0 Å². The molecule has 2 aromatic rings.